The summed E-state index contributed by atoms with van der Waals surface area (Å²) in [6.07, 6.45) is 3.53. The molecule has 0 radical (unpaired) electrons. The zero-order chi connectivity index (χ0) is 12.7. The third-order valence-corrected chi connectivity index (χ3v) is 3.13. The molecule has 0 aromatic heterocycles. The van der Waals surface area contributed by atoms with Crippen molar-refractivity contribution in [1.29, 1.82) is 0 Å². The Morgan fingerprint density at radius 1 is 1.29 bits per heavy atom. The van der Waals surface area contributed by atoms with Gasteiger partial charge in [-0.1, -0.05) is 31.9 Å². The highest BCUT2D eigenvalue weighted by Crippen LogP contribution is 2.11. The maximum absolute atomic E-state index is 12.8. The van der Waals surface area contributed by atoms with E-state index in [1.165, 1.54) is 25.0 Å². The van der Waals surface area contributed by atoms with Gasteiger partial charge in [0.25, 0.3) is 0 Å². The highest BCUT2D eigenvalue weighted by molar-refractivity contribution is 5.15. The number of nitrogens with two attached hydrogens (primary N) is 1. The summed E-state index contributed by atoms with van der Waals surface area (Å²) >= 11 is 0. The first kappa shape index (κ1) is 14.1. The Balaban J connectivity index is 2.51. The van der Waals surface area contributed by atoms with Crippen molar-refractivity contribution >= 4 is 0 Å². The van der Waals surface area contributed by atoms with E-state index < -0.39 is 0 Å². The molecule has 1 rings (SSSR count). The summed E-state index contributed by atoms with van der Waals surface area (Å²) in [5.74, 6) is -0.183. The van der Waals surface area contributed by atoms with Crippen LogP contribution in [0.5, 0.6) is 0 Å². The Hall–Kier alpha value is -0.930. The van der Waals surface area contributed by atoms with Crippen molar-refractivity contribution in [3.63, 3.8) is 0 Å². The molecule has 1 atom stereocenters. The molecule has 0 aliphatic rings. The Morgan fingerprint density at radius 3 is 2.47 bits per heavy atom. The average molecular weight is 238 g/mol. The fourth-order valence-corrected chi connectivity index (χ4v) is 1.96. The minimum absolute atomic E-state index is 0.183. The Bertz CT molecular complexity index is 311. The fraction of sp³-hybridized carbons (Fsp3) is 0.571. The molecule has 0 bridgehead atoms. The summed E-state index contributed by atoms with van der Waals surface area (Å²) in [4.78, 5) is 2.25. The van der Waals surface area contributed by atoms with Gasteiger partial charge in [0.2, 0.25) is 0 Å². The maximum Gasteiger partial charge on any atom is 0.123 e. The standard InChI is InChI=1S/C14H23FN2/c1-3-4-5-14(10-16)17(2)11-12-6-8-13(15)9-7-12/h6-9,14H,3-5,10-11,16H2,1-2H3. The second-order valence-electron chi connectivity index (χ2n) is 4.57. The van der Waals surface area contributed by atoms with Crippen LogP contribution in [0.1, 0.15) is 31.7 Å². The van der Waals surface area contributed by atoms with Crippen LogP contribution >= 0.6 is 0 Å². The van der Waals surface area contributed by atoms with Gasteiger partial charge in [-0.05, 0) is 31.2 Å². The molecule has 0 saturated heterocycles. The van der Waals surface area contributed by atoms with Crippen molar-refractivity contribution in [3.05, 3.63) is 35.6 Å². The van der Waals surface area contributed by atoms with Gasteiger partial charge in [0, 0.05) is 19.1 Å². The number of rotatable bonds is 7. The first-order chi connectivity index (χ1) is 8.17. The van der Waals surface area contributed by atoms with Gasteiger partial charge in [-0.2, -0.15) is 0 Å². The van der Waals surface area contributed by atoms with Gasteiger partial charge in [0.05, 0.1) is 0 Å². The van der Waals surface area contributed by atoms with E-state index >= 15 is 0 Å². The van der Waals surface area contributed by atoms with Crippen molar-refractivity contribution in [1.82, 2.24) is 4.90 Å². The molecule has 1 aromatic carbocycles. The minimum atomic E-state index is -0.183. The number of likely N-dealkylation sites (N-methyl/N-ethyl adjacent to an activating group) is 1. The van der Waals surface area contributed by atoms with E-state index in [4.69, 9.17) is 5.73 Å². The SMILES string of the molecule is CCCCC(CN)N(C)Cc1ccc(F)cc1. The topological polar surface area (TPSA) is 29.3 Å². The van der Waals surface area contributed by atoms with Crippen LogP contribution < -0.4 is 5.73 Å². The molecule has 2 N–H and O–H groups in total. The predicted molar refractivity (Wildman–Crippen MR) is 70.2 cm³/mol. The quantitative estimate of drug-likeness (QED) is 0.791. The summed E-state index contributed by atoms with van der Waals surface area (Å²) in [7, 11) is 2.08. The molecule has 1 unspecified atom stereocenters. The Morgan fingerprint density at radius 2 is 1.94 bits per heavy atom. The summed E-state index contributed by atoms with van der Waals surface area (Å²) in [6.45, 7) is 3.69. The Kier molecular flexibility index (Phi) is 6.16. The molecule has 96 valence electrons. The number of unbranched alkanes of at least 4 members (excludes halogenated alkanes) is 1. The number of benzene rings is 1. The molecule has 3 heteroatoms. The van der Waals surface area contributed by atoms with Gasteiger partial charge in [-0.25, -0.2) is 4.39 Å². The summed E-state index contributed by atoms with van der Waals surface area (Å²) in [5.41, 5.74) is 6.92. The normalized spacial score (nSPS) is 13.0. The smallest absolute Gasteiger partial charge is 0.123 e. The molecule has 1 aromatic rings. The molecule has 0 aliphatic heterocycles. The molecule has 2 nitrogen and oxygen atoms in total. The van der Waals surface area contributed by atoms with E-state index in [1.807, 2.05) is 12.1 Å². The minimum Gasteiger partial charge on any atom is -0.329 e. The number of nitrogens with zero attached hydrogens (tertiary/aromatic N) is 1. The predicted octanol–water partition coefficient (Wildman–Crippen LogP) is 2.78. The van der Waals surface area contributed by atoms with E-state index in [0.717, 1.165) is 18.5 Å². The van der Waals surface area contributed by atoms with Gasteiger partial charge in [0.15, 0.2) is 0 Å². The van der Waals surface area contributed by atoms with Gasteiger partial charge < -0.3 is 5.73 Å². The lowest BCUT2D eigenvalue weighted by Crippen LogP contribution is -2.37. The second kappa shape index (κ2) is 7.41. The van der Waals surface area contributed by atoms with Crippen molar-refractivity contribution in [2.75, 3.05) is 13.6 Å². The van der Waals surface area contributed by atoms with Crippen LogP contribution in [0.3, 0.4) is 0 Å². The van der Waals surface area contributed by atoms with Crippen LogP contribution in [0.25, 0.3) is 0 Å². The van der Waals surface area contributed by atoms with Crippen LogP contribution in [0.4, 0.5) is 4.39 Å². The zero-order valence-corrected chi connectivity index (χ0v) is 10.8. The maximum atomic E-state index is 12.8. The summed E-state index contributed by atoms with van der Waals surface area (Å²) < 4.78 is 12.8. The summed E-state index contributed by atoms with van der Waals surface area (Å²) in [6, 6.07) is 7.10. The number of hydrogen-bond acceptors (Lipinski definition) is 2. The first-order valence-corrected chi connectivity index (χ1v) is 6.32. The monoisotopic (exact) mass is 238 g/mol. The molecule has 0 spiro atoms. The van der Waals surface area contributed by atoms with Crippen LogP contribution in [0.15, 0.2) is 24.3 Å². The van der Waals surface area contributed by atoms with E-state index in [1.54, 1.807) is 0 Å². The molecule has 0 fully saturated rings. The van der Waals surface area contributed by atoms with Crippen molar-refractivity contribution < 1.29 is 4.39 Å². The van der Waals surface area contributed by atoms with Crippen LogP contribution in [-0.4, -0.2) is 24.5 Å². The van der Waals surface area contributed by atoms with E-state index in [2.05, 4.69) is 18.9 Å². The molecule has 0 amide bonds. The Labute approximate surface area is 104 Å². The van der Waals surface area contributed by atoms with Crippen LogP contribution in [0.2, 0.25) is 0 Å². The summed E-state index contributed by atoms with van der Waals surface area (Å²) in [5, 5.41) is 0. The lowest BCUT2D eigenvalue weighted by atomic mass is 10.1. The van der Waals surface area contributed by atoms with E-state index in [9.17, 15) is 4.39 Å². The van der Waals surface area contributed by atoms with Crippen molar-refractivity contribution in [2.45, 2.75) is 38.8 Å². The zero-order valence-electron chi connectivity index (χ0n) is 10.8. The molecular formula is C14H23FN2. The van der Waals surface area contributed by atoms with Crippen molar-refractivity contribution in [3.8, 4) is 0 Å². The highest BCUT2D eigenvalue weighted by atomic mass is 19.1. The third kappa shape index (κ3) is 4.84. The first-order valence-electron chi connectivity index (χ1n) is 6.32. The average Bonchev–Trinajstić information content (AvgIpc) is 2.33. The van der Waals surface area contributed by atoms with Crippen LogP contribution in [-0.2, 0) is 6.54 Å². The lowest BCUT2D eigenvalue weighted by molar-refractivity contribution is 0.223. The fourth-order valence-electron chi connectivity index (χ4n) is 1.96. The molecule has 0 saturated carbocycles. The third-order valence-electron chi connectivity index (χ3n) is 3.13. The molecular weight excluding hydrogens is 215 g/mol. The van der Waals surface area contributed by atoms with E-state index in [-0.39, 0.29) is 5.82 Å². The second-order valence-corrected chi connectivity index (χ2v) is 4.57. The van der Waals surface area contributed by atoms with E-state index in [0.29, 0.717) is 12.6 Å². The molecule has 0 aliphatic carbocycles. The number of hydrogen-bond donors (Lipinski definition) is 1. The van der Waals surface area contributed by atoms with Gasteiger partial charge >= 0.3 is 0 Å². The lowest BCUT2D eigenvalue weighted by Gasteiger charge is -2.27. The van der Waals surface area contributed by atoms with Gasteiger partial charge in [-0.15, -0.1) is 0 Å². The molecule has 0 heterocycles. The highest BCUT2D eigenvalue weighted by Gasteiger charge is 2.12. The van der Waals surface area contributed by atoms with Crippen molar-refractivity contribution in [2.24, 2.45) is 5.73 Å². The molecule has 17 heavy (non-hydrogen) atoms. The van der Waals surface area contributed by atoms with Crippen LogP contribution in [0, 0.1) is 5.82 Å². The van der Waals surface area contributed by atoms with Gasteiger partial charge in [-0.3, -0.25) is 4.90 Å². The van der Waals surface area contributed by atoms with Gasteiger partial charge in [0.1, 0.15) is 5.82 Å². The number of halogens is 1. The largest absolute Gasteiger partial charge is 0.329 e.